The Kier molecular flexibility index (Phi) is 3.85. The Morgan fingerprint density at radius 2 is 1.86 bits per heavy atom. The fourth-order valence-electron chi connectivity index (χ4n) is 1.48. The molecule has 1 N–H and O–H groups in total. The maximum Gasteiger partial charge on any atom is 0.301 e. The van der Waals surface area contributed by atoms with Gasteiger partial charge in [0.15, 0.2) is 0 Å². The lowest BCUT2D eigenvalue weighted by Crippen LogP contribution is -2.51. The Balaban J connectivity index is 2.68. The average Bonchev–Trinajstić information content (AvgIpc) is 2.02. The minimum Gasteiger partial charge on any atom is -0.373 e. The van der Waals surface area contributed by atoms with E-state index in [2.05, 4.69) is 4.84 Å². The molecule has 6 nitrogen and oxygen atoms in total. The predicted molar refractivity (Wildman–Crippen MR) is 50.6 cm³/mol. The van der Waals surface area contributed by atoms with E-state index < -0.39 is 10.2 Å². The number of hydrogen-bond donors (Lipinski definition) is 1. The standard InChI is InChI=1S/C7H16N2O4S/c1-6-4-9(5-7(2)13-6)14(10,11)8-12-3/h6-8H,4-5H2,1-3H3. The van der Waals surface area contributed by atoms with Crippen LogP contribution in [0.25, 0.3) is 0 Å². The molecule has 84 valence electrons. The molecule has 1 aliphatic rings. The Morgan fingerprint density at radius 1 is 1.36 bits per heavy atom. The highest BCUT2D eigenvalue weighted by Gasteiger charge is 2.30. The van der Waals surface area contributed by atoms with Crippen molar-refractivity contribution in [1.29, 1.82) is 0 Å². The van der Waals surface area contributed by atoms with Crippen molar-refractivity contribution in [2.45, 2.75) is 26.1 Å². The molecule has 1 heterocycles. The molecule has 14 heavy (non-hydrogen) atoms. The lowest BCUT2D eigenvalue weighted by molar-refractivity contribution is -0.0457. The van der Waals surface area contributed by atoms with Gasteiger partial charge in [-0.3, -0.25) is 4.84 Å². The van der Waals surface area contributed by atoms with Crippen molar-refractivity contribution in [2.75, 3.05) is 20.2 Å². The number of nitrogens with one attached hydrogen (secondary N) is 1. The van der Waals surface area contributed by atoms with Crippen LogP contribution in [0, 0.1) is 0 Å². The van der Waals surface area contributed by atoms with E-state index in [1.165, 1.54) is 11.4 Å². The average molecular weight is 224 g/mol. The van der Waals surface area contributed by atoms with Gasteiger partial charge in [-0.1, -0.05) is 4.89 Å². The first-order valence-electron chi connectivity index (χ1n) is 4.41. The van der Waals surface area contributed by atoms with E-state index in [9.17, 15) is 8.42 Å². The van der Waals surface area contributed by atoms with E-state index in [1.807, 2.05) is 18.7 Å². The maximum atomic E-state index is 11.5. The third-order valence-corrected chi connectivity index (χ3v) is 3.27. The first-order valence-corrected chi connectivity index (χ1v) is 5.85. The number of rotatable bonds is 3. The Morgan fingerprint density at radius 3 is 2.29 bits per heavy atom. The summed E-state index contributed by atoms with van der Waals surface area (Å²) in [5.74, 6) is 0. The predicted octanol–water partition coefficient (Wildman–Crippen LogP) is -0.509. The van der Waals surface area contributed by atoms with Crippen LogP contribution in [0.4, 0.5) is 0 Å². The SMILES string of the molecule is CONS(=O)(=O)N1CC(C)OC(C)C1. The van der Waals surface area contributed by atoms with Crippen molar-refractivity contribution in [3.63, 3.8) is 0 Å². The van der Waals surface area contributed by atoms with E-state index in [0.29, 0.717) is 13.1 Å². The molecule has 1 rings (SSSR count). The Bertz CT molecular complexity index is 269. The molecular weight excluding hydrogens is 208 g/mol. The highest BCUT2D eigenvalue weighted by Crippen LogP contribution is 2.13. The second-order valence-corrected chi connectivity index (χ2v) is 5.00. The highest BCUT2D eigenvalue weighted by molar-refractivity contribution is 7.87. The minimum atomic E-state index is -3.52. The second-order valence-electron chi connectivity index (χ2n) is 3.37. The van der Waals surface area contributed by atoms with Gasteiger partial charge in [-0.15, -0.1) is 0 Å². The van der Waals surface area contributed by atoms with Gasteiger partial charge in [-0.25, -0.2) is 0 Å². The molecule has 1 saturated heterocycles. The maximum absolute atomic E-state index is 11.5. The Labute approximate surface area is 84.3 Å². The van der Waals surface area contributed by atoms with Crippen LogP contribution in [-0.2, 0) is 19.8 Å². The zero-order valence-electron chi connectivity index (χ0n) is 8.56. The lowest BCUT2D eigenvalue weighted by atomic mass is 10.3. The summed E-state index contributed by atoms with van der Waals surface area (Å²) >= 11 is 0. The van der Waals surface area contributed by atoms with Crippen molar-refractivity contribution >= 4 is 10.2 Å². The summed E-state index contributed by atoms with van der Waals surface area (Å²) in [5.41, 5.74) is 0. The third kappa shape index (κ3) is 2.89. The molecule has 0 aromatic rings. The van der Waals surface area contributed by atoms with Crippen LogP contribution in [-0.4, -0.2) is 45.1 Å². The molecule has 1 aliphatic heterocycles. The molecular formula is C7H16N2O4S. The lowest BCUT2D eigenvalue weighted by Gasteiger charge is -2.33. The fourth-order valence-corrected chi connectivity index (χ4v) is 2.61. The van der Waals surface area contributed by atoms with Crippen LogP contribution < -0.4 is 4.89 Å². The summed E-state index contributed by atoms with van der Waals surface area (Å²) in [6.07, 6.45) is -0.181. The van der Waals surface area contributed by atoms with Gasteiger partial charge in [0.2, 0.25) is 0 Å². The van der Waals surface area contributed by atoms with Gasteiger partial charge in [-0.2, -0.15) is 12.7 Å². The summed E-state index contributed by atoms with van der Waals surface area (Å²) in [6.45, 7) is 4.38. The minimum absolute atomic E-state index is 0.0906. The van der Waals surface area contributed by atoms with E-state index in [-0.39, 0.29) is 12.2 Å². The van der Waals surface area contributed by atoms with Gasteiger partial charge in [0.1, 0.15) is 0 Å². The van der Waals surface area contributed by atoms with Gasteiger partial charge in [0, 0.05) is 13.1 Å². The molecule has 7 heteroatoms. The normalized spacial score (nSPS) is 30.5. The van der Waals surface area contributed by atoms with Gasteiger partial charge >= 0.3 is 10.2 Å². The molecule has 0 saturated carbocycles. The molecule has 0 spiro atoms. The van der Waals surface area contributed by atoms with E-state index in [1.54, 1.807) is 0 Å². The van der Waals surface area contributed by atoms with Crippen molar-refractivity contribution in [3.8, 4) is 0 Å². The summed E-state index contributed by atoms with van der Waals surface area (Å²) in [4.78, 5) is 6.39. The zero-order valence-corrected chi connectivity index (χ0v) is 9.37. The highest BCUT2D eigenvalue weighted by atomic mass is 32.2. The zero-order chi connectivity index (χ0) is 10.8. The van der Waals surface area contributed by atoms with Crippen LogP contribution in [0.3, 0.4) is 0 Å². The molecule has 0 aromatic heterocycles. The third-order valence-electron chi connectivity index (χ3n) is 1.91. The summed E-state index contributed by atoms with van der Waals surface area (Å²) in [7, 11) is -2.25. The fraction of sp³-hybridized carbons (Fsp3) is 1.00. The second kappa shape index (κ2) is 4.54. The smallest absolute Gasteiger partial charge is 0.301 e. The topological polar surface area (TPSA) is 67.9 Å². The first kappa shape index (κ1) is 11.9. The molecule has 0 radical (unpaired) electrons. The summed E-state index contributed by atoms with van der Waals surface area (Å²) in [5, 5.41) is 0. The quantitative estimate of drug-likeness (QED) is 0.656. The van der Waals surface area contributed by atoms with E-state index >= 15 is 0 Å². The molecule has 2 unspecified atom stereocenters. The van der Waals surface area contributed by atoms with Gasteiger partial charge in [0.25, 0.3) is 0 Å². The van der Waals surface area contributed by atoms with Crippen LogP contribution in [0.15, 0.2) is 0 Å². The molecule has 0 bridgehead atoms. The van der Waals surface area contributed by atoms with E-state index in [0.717, 1.165) is 0 Å². The van der Waals surface area contributed by atoms with Gasteiger partial charge in [-0.05, 0) is 13.8 Å². The number of nitrogens with zero attached hydrogens (tertiary/aromatic N) is 1. The molecule has 1 fully saturated rings. The first-order chi connectivity index (χ1) is 6.45. The van der Waals surface area contributed by atoms with Crippen molar-refractivity contribution in [3.05, 3.63) is 0 Å². The summed E-state index contributed by atoms with van der Waals surface area (Å²) in [6, 6.07) is 0. The van der Waals surface area contributed by atoms with Crippen LogP contribution in [0.2, 0.25) is 0 Å². The molecule has 0 amide bonds. The molecule has 2 atom stereocenters. The molecule has 0 aromatic carbocycles. The van der Waals surface area contributed by atoms with Crippen LogP contribution >= 0.6 is 0 Å². The van der Waals surface area contributed by atoms with Crippen molar-refractivity contribution in [2.24, 2.45) is 0 Å². The number of hydrogen-bond acceptors (Lipinski definition) is 4. The largest absolute Gasteiger partial charge is 0.373 e. The molecule has 0 aliphatic carbocycles. The summed E-state index contributed by atoms with van der Waals surface area (Å²) < 4.78 is 29.8. The van der Waals surface area contributed by atoms with E-state index in [4.69, 9.17) is 4.74 Å². The van der Waals surface area contributed by atoms with Gasteiger partial charge < -0.3 is 4.74 Å². The number of ether oxygens (including phenoxy) is 1. The van der Waals surface area contributed by atoms with Crippen molar-refractivity contribution < 1.29 is 18.0 Å². The Hall–Kier alpha value is -0.210. The van der Waals surface area contributed by atoms with Crippen LogP contribution in [0.1, 0.15) is 13.8 Å². The van der Waals surface area contributed by atoms with Crippen molar-refractivity contribution in [1.82, 2.24) is 9.19 Å². The van der Waals surface area contributed by atoms with Crippen LogP contribution in [0.5, 0.6) is 0 Å². The van der Waals surface area contributed by atoms with Gasteiger partial charge in [0.05, 0.1) is 19.3 Å². The number of morpholine rings is 1. The monoisotopic (exact) mass is 224 g/mol.